The number of hydrogen-bond acceptors (Lipinski definition) is 1. The smallest absolute Gasteiger partial charge is 0.0469 e. The van der Waals surface area contributed by atoms with Crippen LogP contribution in [0.5, 0.6) is 0 Å². The second-order valence-electron chi connectivity index (χ2n) is 7.50. The largest absolute Gasteiger partial charge is 0.396 e. The van der Waals surface area contributed by atoms with Gasteiger partial charge in [0, 0.05) is 10.5 Å². The maximum atomic E-state index is 9.31. The fraction of sp³-hybridized carbons (Fsp3) is 1.00. The zero-order valence-corrected chi connectivity index (χ0v) is 15.9. The van der Waals surface area contributed by atoms with E-state index in [2.05, 4.69) is 43.4 Å². The fourth-order valence-corrected chi connectivity index (χ4v) is 4.81. The van der Waals surface area contributed by atoms with Gasteiger partial charge < -0.3 is 5.11 Å². The van der Waals surface area contributed by atoms with Gasteiger partial charge >= 0.3 is 0 Å². The Hall–Kier alpha value is 0.690. The SMILES string of the molecule is CC(C)CCCC(C)CCCC1CCC(CO)C(I)C1. The molecule has 4 unspecified atom stereocenters. The van der Waals surface area contributed by atoms with Crippen LogP contribution in [0.25, 0.3) is 0 Å². The predicted molar refractivity (Wildman–Crippen MR) is 97.4 cm³/mol. The first-order valence-electron chi connectivity index (χ1n) is 8.77. The van der Waals surface area contributed by atoms with Crippen molar-refractivity contribution >= 4 is 22.6 Å². The average Bonchev–Trinajstić information content (AvgIpc) is 2.38. The predicted octanol–water partition coefficient (Wildman–Crippen LogP) is 5.83. The van der Waals surface area contributed by atoms with E-state index >= 15 is 0 Å². The topological polar surface area (TPSA) is 20.2 Å². The van der Waals surface area contributed by atoms with E-state index in [0.29, 0.717) is 16.4 Å². The summed E-state index contributed by atoms with van der Waals surface area (Å²) >= 11 is 2.56. The molecule has 1 saturated carbocycles. The van der Waals surface area contributed by atoms with Crippen molar-refractivity contribution in [2.24, 2.45) is 23.7 Å². The number of halogens is 1. The standard InChI is InChI=1S/C18H35IO/c1-14(2)6-4-7-15(3)8-5-9-16-10-11-17(13-20)18(19)12-16/h14-18,20H,4-13H2,1-3H3. The molecule has 0 bridgehead atoms. The zero-order chi connectivity index (χ0) is 15.0. The van der Waals surface area contributed by atoms with Crippen LogP contribution in [0.2, 0.25) is 0 Å². The lowest BCUT2D eigenvalue weighted by molar-refractivity contribution is 0.173. The highest BCUT2D eigenvalue weighted by molar-refractivity contribution is 14.1. The fourth-order valence-electron chi connectivity index (χ4n) is 3.50. The van der Waals surface area contributed by atoms with Crippen molar-refractivity contribution in [3.63, 3.8) is 0 Å². The highest BCUT2D eigenvalue weighted by Crippen LogP contribution is 2.36. The number of aliphatic hydroxyl groups is 1. The summed E-state index contributed by atoms with van der Waals surface area (Å²) in [4.78, 5) is 0. The second-order valence-corrected chi connectivity index (χ2v) is 9.10. The van der Waals surface area contributed by atoms with Crippen molar-refractivity contribution in [3.8, 4) is 0 Å². The molecule has 20 heavy (non-hydrogen) atoms. The molecule has 0 amide bonds. The first-order valence-corrected chi connectivity index (χ1v) is 10.0. The molecule has 0 radical (unpaired) electrons. The summed E-state index contributed by atoms with van der Waals surface area (Å²) in [5.74, 6) is 3.28. The third-order valence-corrected chi connectivity index (χ3v) is 6.56. The van der Waals surface area contributed by atoms with Crippen molar-refractivity contribution in [2.75, 3.05) is 6.61 Å². The van der Waals surface area contributed by atoms with Gasteiger partial charge in [0.1, 0.15) is 0 Å². The molecule has 1 aliphatic carbocycles. The second kappa shape index (κ2) is 10.4. The summed E-state index contributed by atoms with van der Waals surface area (Å²) in [6.07, 6.45) is 12.4. The van der Waals surface area contributed by atoms with Crippen LogP contribution in [0.4, 0.5) is 0 Å². The Balaban J connectivity index is 2.06. The molecule has 1 aliphatic rings. The van der Waals surface area contributed by atoms with Gasteiger partial charge in [0.05, 0.1) is 0 Å². The lowest BCUT2D eigenvalue weighted by atomic mass is 9.79. The zero-order valence-electron chi connectivity index (χ0n) is 13.8. The van der Waals surface area contributed by atoms with Crippen LogP contribution >= 0.6 is 22.6 Å². The minimum atomic E-state index is 0.396. The van der Waals surface area contributed by atoms with Gasteiger partial charge in [-0.3, -0.25) is 0 Å². The molecule has 0 spiro atoms. The van der Waals surface area contributed by atoms with Gasteiger partial charge in [0.25, 0.3) is 0 Å². The van der Waals surface area contributed by atoms with Crippen LogP contribution in [0.1, 0.15) is 78.6 Å². The summed E-state index contributed by atoms with van der Waals surface area (Å²) in [5.41, 5.74) is 0. The molecule has 1 nitrogen and oxygen atoms in total. The van der Waals surface area contributed by atoms with Crippen molar-refractivity contribution in [2.45, 2.75) is 82.5 Å². The first kappa shape index (κ1) is 18.7. The number of alkyl halides is 1. The molecule has 1 rings (SSSR count). The summed E-state index contributed by atoms with van der Waals surface area (Å²) < 4.78 is 0.708. The molecule has 0 aromatic carbocycles. The van der Waals surface area contributed by atoms with Crippen LogP contribution < -0.4 is 0 Å². The van der Waals surface area contributed by atoms with Gasteiger partial charge in [-0.15, -0.1) is 0 Å². The monoisotopic (exact) mass is 394 g/mol. The van der Waals surface area contributed by atoms with Gasteiger partial charge in [-0.2, -0.15) is 0 Å². The summed E-state index contributed by atoms with van der Waals surface area (Å²) in [6, 6.07) is 0. The Kier molecular flexibility index (Phi) is 9.76. The molecule has 120 valence electrons. The van der Waals surface area contributed by atoms with E-state index in [0.717, 1.165) is 17.8 Å². The molecular formula is C18H35IO. The van der Waals surface area contributed by atoms with Gasteiger partial charge in [0.2, 0.25) is 0 Å². The van der Waals surface area contributed by atoms with Crippen molar-refractivity contribution in [1.29, 1.82) is 0 Å². The lowest BCUT2D eigenvalue weighted by Gasteiger charge is -2.32. The number of rotatable bonds is 9. The van der Waals surface area contributed by atoms with Crippen LogP contribution in [0, 0.1) is 23.7 Å². The Morgan fingerprint density at radius 3 is 2.35 bits per heavy atom. The average molecular weight is 394 g/mol. The number of aliphatic hydroxyl groups excluding tert-OH is 1. The van der Waals surface area contributed by atoms with E-state index in [1.807, 2.05) is 0 Å². The van der Waals surface area contributed by atoms with Gasteiger partial charge in [0.15, 0.2) is 0 Å². The minimum Gasteiger partial charge on any atom is -0.396 e. The third kappa shape index (κ3) is 7.63. The normalized spacial score (nSPS) is 28.8. The van der Waals surface area contributed by atoms with E-state index in [1.165, 1.54) is 57.8 Å². The molecule has 0 aromatic heterocycles. The molecule has 0 aromatic rings. The van der Waals surface area contributed by atoms with Crippen molar-refractivity contribution in [3.05, 3.63) is 0 Å². The van der Waals surface area contributed by atoms with E-state index < -0.39 is 0 Å². The van der Waals surface area contributed by atoms with Gasteiger partial charge in [-0.05, 0) is 36.5 Å². The van der Waals surface area contributed by atoms with E-state index in [4.69, 9.17) is 0 Å². The first-order chi connectivity index (χ1) is 9.52. The third-order valence-electron chi connectivity index (χ3n) is 5.04. The van der Waals surface area contributed by atoms with E-state index in [1.54, 1.807) is 0 Å². The Bertz CT molecular complexity index is 242. The Labute approximate surface area is 140 Å². The summed E-state index contributed by atoms with van der Waals surface area (Å²) in [5, 5.41) is 9.31. The Morgan fingerprint density at radius 1 is 1.05 bits per heavy atom. The summed E-state index contributed by atoms with van der Waals surface area (Å²) in [7, 11) is 0. The maximum absolute atomic E-state index is 9.31. The molecule has 2 heteroatoms. The van der Waals surface area contributed by atoms with Crippen LogP contribution in [0.15, 0.2) is 0 Å². The highest BCUT2D eigenvalue weighted by Gasteiger charge is 2.27. The summed E-state index contributed by atoms with van der Waals surface area (Å²) in [6.45, 7) is 7.49. The van der Waals surface area contributed by atoms with Gasteiger partial charge in [-0.1, -0.05) is 88.3 Å². The quantitative estimate of drug-likeness (QED) is 0.385. The molecule has 0 saturated heterocycles. The molecule has 1 N–H and O–H groups in total. The Morgan fingerprint density at radius 2 is 1.75 bits per heavy atom. The lowest BCUT2D eigenvalue weighted by Crippen LogP contribution is -2.27. The van der Waals surface area contributed by atoms with E-state index in [9.17, 15) is 5.11 Å². The van der Waals surface area contributed by atoms with Crippen LogP contribution in [-0.4, -0.2) is 15.6 Å². The van der Waals surface area contributed by atoms with Crippen molar-refractivity contribution in [1.82, 2.24) is 0 Å². The molecular weight excluding hydrogens is 359 g/mol. The van der Waals surface area contributed by atoms with Gasteiger partial charge in [-0.25, -0.2) is 0 Å². The molecule has 1 fully saturated rings. The molecule has 0 heterocycles. The molecule has 4 atom stereocenters. The molecule has 0 aliphatic heterocycles. The van der Waals surface area contributed by atoms with Crippen LogP contribution in [-0.2, 0) is 0 Å². The van der Waals surface area contributed by atoms with Crippen molar-refractivity contribution < 1.29 is 5.11 Å². The van der Waals surface area contributed by atoms with E-state index in [-0.39, 0.29) is 0 Å². The number of hydrogen-bond donors (Lipinski definition) is 1. The maximum Gasteiger partial charge on any atom is 0.0469 e. The highest BCUT2D eigenvalue weighted by atomic mass is 127. The minimum absolute atomic E-state index is 0.396. The van der Waals surface area contributed by atoms with Crippen LogP contribution in [0.3, 0.4) is 0 Å².